The monoisotopic (exact) mass is 247 g/mol. The van der Waals surface area contributed by atoms with Crippen LogP contribution in [0.4, 0.5) is 0 Å². The molecular weight excluding hydrogens is 222 g/mol. The van der Waals surface area contributed by atoms with Crippen molar-refractivity contribution in [2.75, 3.05) is 0 Å². The molecule has 0 amide bonds. The van der Waals surface area contributed by atoms with Crippen molar-refractivity contribution < 1.29 is 0 Å². The lowest BCUT2D eigenvalue weighted by molar-refractivity contribution is 0.263. The van der Waals surface area contributed by atoms with Crippen molar-refractivity contribution in [2.45, 2.75) is 70.5 Å². The summed E-state index contributed by atoms with van der Waals surface area (Å²) in [6.07, 6.45) is 14.0. The maximum atomic E-state index is 4.53. The number of rotatable bonds is 5. The minimum Gasteiger partial charge on any atom is -0.334 e. The van der Waals surface area contributed by atoms with Crippen LogP contribution in [0.5, 0.6) is 0 Å². The Morgan fingerprint density at radius 2 is 2.06 bits per heavy atom. The zero-order valence-corrected chi connectivity index (χ0v) is 11.4. The molecule has 2 fully saturated rings. The van der Waals surface area contributed by atoms with Crippen LogP contribution in [0.3, 0.4) is 0 Å². The van der Waals surface area contributed by atoms with Gasteiger partial charge in [0.05, 0.1) is 12.0 Å². The fourth-order valence-electron chi connectivity index (χ4n) is 3.09. The fraction of sp³-hybridized carbons (Fsp3) is 0.800. The quantitative estimate of drug-likeness (QED) is 0.865. The molecule has 3 heteroatoms. The van der Waals surface area contributed by atoms with E-state index in [1.165, 1.54) is 50.6 Å². The van der Waals surface area contributed by atoms with Gasteiger partial charge < -0.3 is 9.88 Å². The van der Waals surface area contributed by atoms with Crippen LogP contribution < -0.4 is 5.32 Å². The van der Waals surface area contributed by atoms with Crippen LogP contribution in [0.25, 0.3) is 0 Å². The molecule has 1 unspecified atom stereocenters. The molecule has 1 aromatic heterocycles. The zero-order chi connectivity index (χ0) is 12.4. The van der Waals surface area contributed by atoms with E-state index < -0.39 is 0 Å². The second-order valence-electron chi connectivity index (χ2n) is 6.11. The third-order valence-corrected chi connectivity index (χ3v) is 4.61. The van der Waals surface area contributed by atoms with Gasteiger partial charge in [0, 0.05) is 24.8 Å². The summed E-state index contributed by atoms with van der Waals surface area (Å²) in [5.41, 5.74) is 1.20. The Morgan fingerprint density at radius 1 is 1.28 bits per heavy atom. The second kappa shape index (κ2) is 5.43. The van der Waals surface area contributed by atoms with Crippen LogP contribution >= 0.6 is 0 Å². The van der Waals surface area contributed by atoms with E-state index in [2.05, 4.69) is 28.0 Å². The largest absolute Gasteiger partial charge is 0.334 e. The predicted octanol–water partition coefficient (Wildman–Crippen LogP) is 3.28. The van der Waals surface area contributed by atoms with E-state index in [0.29, 0.717) is 6.04 Å². The van der Waals surface area contributed by atoms with Gasteiger partial charge in [0.2, 0.25) is 0 Å². The van der Waals surface area contributed by atoms with E-state index in [-0.39, 0.29) is 0 Å². The number of imidazole rings is 1. The maximum absolute atomic E-state index is 4.53. The summed E-state index contributed by atoms with van der Waals surface area (Å²) in [6.45, 7) is 3.30. The van der Waals surface area contributed by atoms with Crippen molar-refractivity contribution >= 4 is 0 Å². The Kier molecular flexibility index (Phi) is 3.69. The summed E-state index contributed by atoms with van der Waals surface area (Å²) < 4.78 is 2.33. The van der Waals surface area contributed by atoms with Crippen LogP contribution in [0, 0.1) is 5.92 Å². The van der Waals surface area contributed by atoms with Gasteiger partial charge in [-0.05, 0) is 38.5 Å². The van der Waals surface area contributed by atoms with E-state index in [0.717, 1.165) is 18.5 Å². The van der Waals surface area contributed by atoms with Gasteiger partial charge in [0.15, 0.2) is 0 Å². The first kappa shape index (κ1) is 12.2. The molecule has 3 nitrogen and oxygen atoms in total. The van der Waals surface area contributed by atoms with E-state index in [1.807, 2.05) is 6.33 Å². The van der Waals surface area contributed by atoms with Crippen molar-refractivity contribution in [2.24, 2.45) is 5.92 Å². The van der Waals surface area contributed by atoms with Gasteiger partial charge >= 0.3 is 0 Å². The van der Waals surface area contributed by atoms with Crippen molar-refractivity contribution in [1.29, 1.82) is 0 Å². The summed E-state index contributed by atoms with van der Waals surface area (Å²) in [7, 11) is 0. The van der Waals surface area contributed by atoms with Crippen molar-refractivity contribution in [3.63, 3.8) is 0 Å². The average Bonchev–Trinajstić information content (AvgIpc) is 3.14. The molecule has 2 aliphatic carbocycles. The molecule has 0 spiro atoms. The lowest BCUT2D eigenvalue weighted by atomic mass is 9.84. The first-order valence-electron chi connectivity index (χ1n) is 7.58. The number of nitrogens with one attached hydrogen (secondary N) is 1. The Labute approximate surface area is 110 Å². The van der Waals surface area contributed by atoms with Gasteiger partial charge in [-0.25, -0.2) is 4.98 Å². The van der Waals surface area contributed by atoms with Crippen LogP contribution in [0.15, 0.2) is 12.5 Å². The van der Waals surface area contributed by atoms with Crippen molar-refractivity contribution in [1.82, 2.24) is 14.9 Å². The standard InChI is InChI=1S/C15H25N3/c1-12(13-5-3-2-4-6-13)18-10-15(17-11-18)9-16-14-7-8-14/h10-14,16H,2-9H2,1H3. The molecular formula is C15H25N3. The lowest BCUT2D eigenvalue weighted by Gasteiger charge is -2.28. The molecule has 18 heavy (non-hydrogen) atoms. The summed E-state index contributed by atoms with van der Waals surface area (Å²) in [5, 5.41) is 3.53. The Hall–Kier alpha value is -0.830. The van der Waals surface area contributed by atoms with Gasteiger partial charge in [0.1, 0.15) is 0 Å². The van der Waals surface area contributed by atoms with Crippen LogP contribution in [-0.4, -0.2) is 15.6 Å². The molecule has 2 aliphatic rings. The number of hydrogen-bond acceptors (Lipinski definition) is 2. The minimum atomic E-state index is 0.618. The van der Waals surface area contributed by atoms with Crippen LogP contribution in [0.1, 0.15) is 63.6 Å². The number of hydrogen-bond donors (Lipinski definition) is 1. The topological polar surface area (TPSA) is 29.9 Å². The Morgan fingerprint density at radius 3 is 2.78 bits per heavy atom. The van der Waals surface area contributed by atoms with E-state index >= 15 is 0 Å². The summed E-state index contributed by atoms with van der Waals surface area (Å²) in [6, 6.07) is 1.39. The Balaban J connectivity index is 1.56. The highest BCUT2D eigenvalue weighted by Gasteiger charge is 2.22. The minimum absolute atomic E-state index is 0.618. The van der Waals surface area contributed by atoms with Gasteiger partial charge in [-0.1, -0.05) is 19.3 Å². The number of nitrogens with zero attached hydrogens (tertiary/aromatic N) is 2. The molecule has 1 heterocycles. The third-order valence-electron chi connectivity index (χ3n) is 4.61. The van der Waals surface area contributed by atoms with Gasteiger partial charge in [-0.3, -0.25) is 0 Å². The predicted molar refractivity (Wildman–Crippen MR) is 73.4 cm³/mol. The molecule has 1 N–H and O–H groups in total. The highest BCUT2D eigenvalue weighted by molar-refractivity contribution is 4.99. The van der Waals surface area contributed by atoms with Crippen molar-refractivity contribution in [3.05, 3.63) is 18.2 Å². The highest BCUT2D eigenvalue weighted by Crippen LogP contribution is 2.32. The first-order chi connectivity index (χ1) is 8.83. The smallest absolute Gasteiger partial charge is 0.0952 e. The third kappa shape index (κ3) is 2.94. The Bertz CT molecular complexity index is 375. The normalized spacial score (nSPS) is 23.2. The number of aromatic nitrogens is 2. The average molecular weight is 247 g/mol. The van der Waals surface area contributed by atoms with E-state index in [1.54, 1.807) is 0 Å². The van der Waals surface area contributed by atoms with Crippen molar-refractivity contribution in [3.8, 4) is 0 Å². The summed E-state index contributed by atoms with van der Waals surface area (Å²) in [5.74, 6) is 0.859. The lowest BCUT2D eigenvalue weighted by Crippen LogP contribution is -2.18. The summed E-state index contributed by atoms with van der Waals surface area (Å²) >= 11 is 0. The molecule has 0 bridgehead atoms. The van der Waals surface area contributed by atoms with Gasteiger partial charge in [-0.15, -0.1) is 0 Å². The fourth-order valence-corrected chi connectivity index (χ4v) is 3.09. The molecule has 2 saturated carbocycles. The second-order valence-corrected chi connectivity index (χ2v) is 6.11. The van der Waals surface area contributed by atoms with Gasteiger partial charge in [0.25, 0.3) is 0 Å². The highest BCUT2D eigenvalue weighted by atomic mass is 15.1. The molecule has 0 aliphatic heterocycles. The van der Waals surface area contributed by atoms with Crippen LogP contribution in [0.2, 0.25) is 0 Å². The molecule has 0 saturated heterocycles. The molecule has 0 aromatic carbocycles. The van der Waals surface area contributed by atoms with E-state index in [9.17, 15) is 0 Å². The zero-order valence-electron chi connectivity index (χ0n) is 11.4. The summed E-state index contributed by atoms with van der Waals surface area (Å²) in [4.78, 5) is 4.53. The molecule has 1 aromatic rings. The molecule has 1 atom stereocenters. The molecule has 0 radical (unpaired) electrons. The van der Waals surface area contributed by atoms with Gasteiger partial charge in [-0.2, -0.15) is 0 Å². The van der Waals surface area contributed by atoms with Crippen LogP contribution in [-0.2, 0) is 6.54 Å². The molecule has 100 valence electrons. The maximum Gasteiger partial charge on any atom is 0.0952 e. The SMILES string of the molecule is CC(C1CCCCC1)n1cnc(CNC2CC2)c1. The first-order valence-corrected chi connectivity index (χ1v) is 7.58. The van der Waals surface area contributed by atoms with E-state index in [4.69, 9.17) is 0 Å². The molecule has 3 rings (SSSR count).